The summed E-state index contributed by atoms with van der Waals surface area (Å²) in [5.74, 6) is -0.920. The van der Waals surface area contributed by atoms with Crippen molar-refractivity contribution < 1.29 is 31.1 Å². The molecule has 3 heterocycles. The highest BCUT2D eigenvalue weighted by Gasteiger charge is 2.38. The van der Waals surface area contributed by atoms with Crippen LogP contribution >= 0.6 is 0 Å². The first-order valence-corrected chi connectivity index (χ1v) is 12.0. The number of hydrogen-bond donors (Lipinski definition) is 1. The van der Waals surface area contributed by atoms with Crippen LogP contribution in [0.5, 0.6) is 5.75 Å². The van der Waals surface area contributed by atoms with Gasteiger partial charge in [-0.1, -0.05) is 0 Å². The number of alkyl halides is 5. The van der Waals surface area contributed by atoms with E-state index in [1.807, 2.05) is 0 Å². The van der Waals surface area contributed by atoms with Gasteiger partial charge in [0.1, 0.15) is 17.1 Å². The molecule has 0 aliphatic heterocycles. The molecular formula is C26H23F6N5O3. The van der Waals surface area contributed by atoms with Crippen LogP contribution in [0.1, 0.15) is 25.3 Å². The minimum absolute atomic E-state index is 0.0663. The first-order valence-electron chi connectivity index (χ1n) is 12.0. The van der Waals surface area contributed by atoms with Gasteiger partial charge in [-0.05, 0) is 55.5 Å². The number of hydrogen-bond acceptors (Lipinski definition) is 6. The number of rotatable bonds is 9. The van der Waals surface area contributed by atoms with Crippen LogP contribution in [-0.4, -0.2) is 32.0 Å². The van der Waals surface area contributed by atoms with Crippen molar-refractivity contribution in [3.8, 4) is 17.0 Å². The van der Waals surface area contributed by atoms with E-state index in [1.165, 1.54) is 29.0 Å². The summed E-state index contributed by atoms with van der Waals surface area (Å²) in [5.41, 5.74) is -3.27. The van der Waals surface area contributed by atoms with Gasteiger partial charge in [0.25, 0.3) is 11.1 Å². The Morgan fingerprint density at radius 3 is 2.48 bits per heavy atom. The Balaban J connectivity index is 1.46. The predicted molar refractivity (Wildman–Crippen MR) is 135 cm³/mol. The van der Waals surface area contributed by atoms with Crippen molar-refractivity contribution in [2.75, 3.05) is 5.32 Å². The number of aryl methyl sites for hydroxylation is 2. The van der Waals surface area contributed by atoms with E-state index in [9.17, 15) is 35.9 Å². The second-order valence-corrected chi connectivity index (χ2v) is 9.04. The van der Waals surface area contributed by atoms with Gasteiger partial charge >= 0.3 is 12.8 Å². The van der Waals surface area contributed by atoms with Crippen molar-refractivity contribution in [2.45, 2.75) is 45.1 Å². The molecule has 40 heavy (non-hydrogen) atoms. The van der Waals surface area contributed by atoms with E-state index in [4.69, 9.17) is 0 Å². The molecule has 8 nitrogen and oxygen atoms in total. The Kier molecular flexibility index (Phi) is 8.16. The van der Waals surface area contributed by atoms with Gasteiger partial charge in [0.15, 0.2) is 0 Å². The smallest absolute Gasteiger partial charge is 0.423 e. The highest BCUT2D eigenvalue weighted by molar-refractivity contribution is 5.86. The Morgan fingerprint density at radius 2 is 1.82 bits per heavy atom. The molecule has 212 valence electrons. The molecule has 1 atom stereocenters. The van der Waals surface area contributed by atoms with E-state index in [1.54, 1.807) is 13.0 Å². The number of halogens is 6. The van der Waals surface area contributed by atoms with E-state index in [0.717, 1.165) is 25.5 Å². The van der Waals surface area contributed by atoms with Crippen molar-refractivity contribution in [3.63, 3.8) is 0 Å². The summed E-state index contributed by atoms with van der Waals surface area (Å²) in [7, 11) is 1.13. The molecule has 0 saturated heterocycles. The summed E-state index contributed by atoms with van der Waals surface area (Å²) >= 11 is 0. The highest BCUT2D eigenvalue weighted by Crippen LogP contribution is 2.32. The van der Waals surface area contributed by atoms with E-state index >= 15 is 0 Å². The molecule has 0 aliphatic carbocycles. The highest BCUT2D eigenvalue weighted by atomic mass is 19.4. The molecule has 0 amide bonds. The van der Waals surface area contributed by atoms with Gasteiger partial charge in [0.05, 0.1) is 29.2 Å². The fourth-order valence-corrected chi connectivity index (χ4v) is 4.22. The molecule has 1 N–H and O–H groups in total. The summed E-state index contributed by atoms with van der Waals surface area (Å²) in [6.07, 6.45) is -0.632. The van der Waals surface area contributed by atoms with Gasteiger partial charge in [0, 0.05) is 31.4 Å². The molecule has 1 aromatic carbocycles. The van der Waals surface area contributed by atoms with Crippen LogP contribution in [0, 0.1) is 5.82 Å². The number of anilines is 1. The van der Waals surface area contributed by atoms with Crippen LogP contribution in [0.25, 0.3) is 22.0 Å². The average molecular weight is 567 g/mol. The Labute approximate surface area is 222 Å². The largest absolute Gasteiger partial charge is 0.433 e. The number of ether oxygens (including phenoxy) is 1. The van der Waals surface area contributed by atoms with Gasteiger partial charge in [0.2, 0.25) is 0 Å². The van der Waals surface area contributed by atoms with Crippen LogP contribution in [0.4, 0.5) is 32.0 Å². The minimum Gasteiger partial charge on any atom is -0.433 e. The molecule has 4 aromatic rings. The zero-order valence-electron chi connectivity index (χ0n) is 21.2. The quantitative estimate of drug-likeness (QED) is 0.280. The lowest BCUT2D eigenvalue weighted by Gasteiger charge is -2.19. The zero-order valence-corrected chi connectivity index (χ0v) is 21.2. The van der Waals surface area contributed by atoms with Crippen molar-refractivity contribution in [1.29, 1.82) is 0 Å². The number of fused-ring (bicyclic) bond motifs is 1. The Hall–Kier alpha value is -4.36. The van der Waals surface area contributed by atoms with E-state index in [2.05, 4.69) is 20.1 Å². The van der Waals surface area contributed by atoms with E-state index in [0.29, 0.717) is 22.9 Å². The topological polar surface area (TPSA) is 91.0 Å². The lowest BCUT2D eigenvalue weighted by molar-refractivity contribution is -0.138. The third-order valence-corrected chi connectivity index (χ3v) is 6.16. The normalized spacial score (nSPS) is 12.6. The Morgan fingerprint density at radius 1 is 1.07 bits per heavy atom. The molecule has 14 heteroatoms. The van der Waals surface area contributed by atoms with Gasteiger partial charge in [-0.25, -0.2) is 9.07 Å². The van der Waals surface area contributed by atoms with Gasteiger partial charge in [-0.15, -0.1) is 0 Å². The number of pyridine rings is 2. The van der Waals surface area contributed by atoms with Gasteiger partial charge < -0.3 is 14.6 Å². The lowest BCUT2D eigenvalue weighted by atomic mass is 10.0. The molecule has 0 saturated carbocycles. The molecule has 0 bridgehead atoms. The van der Waals surface area contributed by atoms with Crippen LogP contribution in [0.15, 0.2) is 58.5 Å². The average Bonchev–Trinajstić information content (AvgIpc) is 2.87. The van der Waals surface area contributed by atoms with Crippen LogP contribution in [0.2, 0.25) is 0 Å². The third kappa shape index (κ3) is 6.26. The Bertz CT molecular complexity index is 1630. The maximum absolute atomic E-state index is 14.9. The van der Waals surface area contributed by atoms with Gasteiger partial charge in [-0.2, -0.15) is 27.1 Å². The molecule has 3 aromatic heterocycles. The number of aromatic nitrogens is 4. The first-order chi connectivity index (χ1) is 18.8. The van der Waals surface area contributed by atoms with Crippen molar-refractivity contribution in [3.05, 3.63) is 81.0 Å². The summed E-state index contributed by atoms with van der Waals surface area (Å²) in [4.78, 5) is 28.9. The summed E-state index contributed by atoms with van der Waals surface area (Å²) < 4.78 is 86.0. The van der Waals surface area contributed by atoms with Crippen molar-refractivity contribution >= 4 is 16.5 Å². The standard InChI is InChI=1S/C26H23F6N5O3/c1-14(35-21-13-34-36(2)24(39)22(21)26(30,31)32)4-3-8-37-9-7-15-10-18(19(27)11-17(15)23(37)38)20-6-5-16(12-33-20)40-25(28)29/h5-7,9-14,25,35H,3-4,8H2,1-2H3/t14-/m0/s1. The number of nitrogens with one attached hydrogen (secondary N) is 1. The molecule has 0 spiro atoms. The fourth-order valence-electron chi connectivity index (χ4n) is 4.22. The van der Waals surface area contributed by atoms with Crippen molar-refractivity contribution in [1.82, 2.24) is 19.3 Å². The molecule has 0 fully saturated rings. The lowest BCUT2D eigenvalue weighted by Crippen LogP contribution is -2.31. The second-order valence-electron chi connectivity index (χ2n) is 9.04. The fraction of sp³-hybridized carbons (Fsp3) is 0.308. The van der Waals surface area contributed by atoms with Crippen LogP contribution in [0.3, 0.4) is 0 Å². The summed E-state index contributed by atoms with van der Waals surface area (Å²) in [5, 5.41) is 6.86. The minimum atomic E-state index is -4.87. The first kappa shape index (κ1) is 28.6. The second kappa shape index (κ2) is 11.4. The zero-order chi connectivity index (χ0) is 29.2. The predicted octanol–water partition coefficient (Wildman–Crippen LogP) is 5.20. The molecular weight excluding hydrogens is 544 g/mol. The van der Waals surface area contributed by atoms with E-state index < -0.39 is 47.0 Å². The molecule has 0 radical (unpaired) electrons. The SMILES string of the molecule is C[C@@H](CCCn1ccc2cc(-c3ccc(OC(F)F)cn3)c(F)cc2c1=O)Nc1cnn(C)c(=O)c1C(F)(F)F. The monoisotopic (exact) mass is 567 g/mol. The molecule has 4 rings (SSSR count). The molecule has 0 aliphatic rings. The number of benzene rings is 1. The third-order valence-electron chi connectivity index (χ3n) is 6.16. The van der Waals surface area contributed by atoms with Gasteiger partial charge in [-0.3, -0.25) is 14.6 Å². The molecule has 0 unspecified atom stereocenters. The summed E-state index contributed by atoms with van der Waals surface area (Å²) in [6, 6.07) is 6.16. The summed E-state index contributed by atoms with van der Waals surface area (Å²) in [6.45, 7) is -1.18. The van der Waals surface area contributed by atoms with Crippen molar-refractivity contribution in [2.24, 2.45) is 7.05 Å². The van der Waals surface area contributed by atoms with Crippen LogP contribution in [-0.2, 0) is 19.8 Å². The maximum atomic E-state index is 14.9. The maximum Gasteiger partial charge on any atom is 0.423 e. The number of nitrogens with zero attached hydrogens (tertiary/aromatic N) is 4. The van der Waals surface area contributed by atoms with Crippen LogP contribution < -0.4 is 21.2 Å². The van der Waals surface area contributed by atoms with E-state index in [-0.39, 0.29) is 28.9 Å².